The number of hydrogen-bond donors (Lipinski definition) is 3. The first kappa shape index (κ1) is 23.5. The predicted molar refractivity (Wildman–Crippen MR) is 125 cm³/mol. The summed E-state index contributed by atoms with van der Waals surface area (Å²) in [6.07, 6.45) is 11.2. The lowest BCUT2D eigenvalue weighted by Gasteiger charge is -2.63. The molecule has 4 aliphatic carbocycles. The Morgan fingerprint density at radius 2 is 1.74 bits per heavy atom. The van der Waals surface area contributed by atoms with E-state index in [-0.39, 0.29) is 5.41 Å². The van der Waals surface area contributed by atoms with Crippen LogP contribution in [0.25, 0.3) is 0 Å². The number of oxime groups is 1. The Hall–Kier alpha value is -0.610. The van der Waals surface area contributed by atoms with Gasteiger partial charge in [0.25, 0.3) is 0 Å². The van der Waals surface area contributed by atoms with Crippen LogP contribution in [0.1, 0.15) is 105 Å². The van der Waals surface area contributed by atoms with Gasteiger partial charge >= 0.3 is 0 Å². The molecule has 0 aromatic rings. The molecule has 0 radical (unpaired) electrons. The van der Waals surface area contributed by atoms with E-state index in [1.54, 1.807) is 0 Å². The van der Waals surface area contributed by atoms with Crippen LogP contribution in [0.4, 0.5) is 0 Å². The summed E-state index contributed by atoms with van der Waals surface area (Å²) in [6, 6.07) is 0. The lowest BCUT2D eigenvalue weighted by molar-refractivity contribution is -0.170. The Bertz CT molecular complexity index is 692. The zero-order valence-electron chi connectivity index (χ0n) is 20.6. The van der Waals surface area contributed by atoms with Gasteiger partial charge in [-0.15, -0.1) is 0 Å². The molecular formula is C27H47NO3. The Kier molecular flexibility index (Phi) is 6.31. The molecule has 0 spiro atoms. The second kappa shape index (κ2) is 8.31. The third kappa shape index (κ3) is 3.59. The van der Waals surface area contributed by atoms with Crippen LogP contribution in [0.5, 0.6) is 0 Å². The maximum Gasteiger partial charge on any atom is 0.114 e. The fraction of sp³-hybridized carbons (Fsp3) is 0.963. The molecule has 4 nitrogen and oxygen atoms in total. The van der Waals surface area contributed by atoms with Gasteiger partial charge in [0.15, 0.2) is 0 Å². The van der Waals surface area contributed by atoms with Gasteiger partial charge in [-0.05, 0) is 85.9 Å². The number of aliphatic hydroxyl groups is 2. The molecular weight excluding hydrogens is 386 g/mol. The summed E-state index contributed by atoms with van der Waals surface area (Å²) in [7, 11) is 0. The summed E-state index contributed by atoms with van der Waals surface area (Å²) in [4.78, 5) is 0. The minimum absolute atomic E-state index is 0.293. The summed E-state index contributed by atoms with van der Waals surface area (Å²) >= 11 is 0. The van der Waals surface area contributed by atoms with E-state index in [0.29, 0.717) is 41.7 Å². The van der Waals surface area contributed by atoms with E-state index in [9.17, 15) is 15.4 Å². The van der Waals surface area contributed by atoms with Crippen LogP contribution in [-0.4, -0.2) is 32.8 Å². The second-order valence-electron chi connectivity index (χ2n) is 12.8. The van der Waals surface area contributed by atoms with E-state index in [2.05, 4.69) is 39.8 Å². The summed E-state index contributed by atoms with van der Waals surface area (Å²) in [5, 5.41) is 35.7. The van der Waals surface area contributed by atoms with Gasteiger partial charge in [0.05, 0.1) is 11.8 Å². The van der Waals surface area contributed by atoms with Gasteiger partial charge in [-0.3, -0.25) is 0 Å². The van der Waals surface area contributed by atoms with Crippen LogP contribution in [0, 0.1) is 46.3 Å². The minimum Gasteiger partial charge on any atom is -0.411 e. The summed E-state index contributed by atoms with van der Waals surface area (Å²) in [6.45, 7) is 11.9. The molecule has 0 heterocycles. The molecule has 0 amide bonds. The maximum absolute atomic E-state index is 11.8. The van der Waals surface area contributed by atoms with Crippen LogP contribution < -0.4 is 0 Å². The molecule has 0 aliphatic heterocycles. The van der Waals surface area contributed by atoms with Crippen LogP contribution in [-0.2, 0) is 0 Å². The first-order chi connectivity index (χ1) is 14.6. The molecule has 0 aromatic carbocycles. The van der Waals surface area contributed by atoms with Gasteiger partial charge in [0.1, 0.15) is 5.60 Å². The van der Waals surface area contributed by atoms with Crippen molar-refractivity contribution in [2.24, 2.45) is 51.5 Å². The quantitative estimate of drug-likeness (QED) is 0.366. The van der Waals surface area contributed by atoms with Crippen LogP contribution >= 0.6 is 0 Å². The van der Waals surface area contributed by atoms with Crippen molar-refractivity contribution in [3.05, 3.63) is 0 Å². The molecule has 4 fully saturated rings. The highest BCUT2D eigenvalue weighted by Crippen LogP contribution is 2.68. The average molecular weight is 434 g/mol. The average Bonchev–Trinajstić information content (AvgIpc) is 3.05. The zero-order chi connectivity index (χ0) is 22.6. The van der Waals surface area contributed by atoms with E-state index >= 15 is 0 Å². The molecule has 178 valence electrons. The Balaban J connectivity index is 1.57. The predicted octanol–water partition coefficient (Wildman–Crippen LogP) is 6.02. The minimum atomic E-state index is -1.16. The molecule has 3 N–H and O–H groups in total. The molecule has 4 aliphatic rings. The summed E-state index contributed by atoms with van der Waals surface area (Å²) in [5.74, 6) is 3.98. The third-order valence-electron chi connectivity index (χ3n) is 11.0. The molecule has 31 heavy (non-hydrogen) atoms. The molecule has 4 rings (SSSR count). The first-order valence-electron chi connectivity index (χ1n) is 13.2. The second-order valence-corrected chi connectivity index (χ2v) is 12.8. The van der Waals surface area contributed by atoms with E-state index in [4.69, 9.17) is 0 Å². The SMILES string of the molecule is CC(C)CCC[C@@H](C)[C@H]1CC[C@@H]2[C@H]3C/C(=N\O)[C@@]4(O)C[C@@H](O)CC[C@]4(C)[C@@H]3CC[C@]21C. The monoisotopic (exact) mass is 433 g/mol. The highest BCUT2D eigenvalue weighted by atomic mass is 16.4. The summed E-state index contributed by atoms with van der Waals surface area (Å²) < 4.78 is 0. The number of hydrogen-bond acceptors (Lipinski definition) is 4. The van der Waals surface area contributed by atoms with E-state index in [1.165, 1.54) is 44.9 Å². The van der Waals surface area contributed by atoms with Crippen LogP contribution in [0.15, 0.2) is 5.16 Å². The Morgan fingerprint density at radius 3 is 2.42 bits per heavy atom. The molecule has 0 aromatic heterocycles. The molecule has 0 saturated heterocycles. The molecule has 0 bridgehead atoms. The normalized spacial score (nSPS) is 49.5. The van der Waals surface area contributed by atoms with E-state index < -0.39 is 11.7 Å². The molecule has 4 saturated carbocycles. The largest absolute Gasteiger partial charge is 0.411 e. The Morgan fingerprint density at radius 1 is 1.00 bits per heavy atom. The molecule has 9 atom stereocenters. The van der Waals surface area contributed by atoms with Crippen molar-refractivity contribution in [2.45, 2.75) is 117 Å². The van der Waals surface area contributed by atoms with Crippen molar-refractivity contribution >= 4 is 5.71 Å². The van der Waals surface area contributed by atoms with Crippen molar-refractivity contribution in [1.82, 2.24) is 0 Å². The van der Waals surface area contributed by atoms with Crippen molar-refractivity contribution in [3.8, 4) is 0 Å². The standard InChI is InChI=1S/C27H47NO3/c1-17(2)7-6-8-18(3)21-9-10-22-20-15-24(28-31)27(30)16-19(29)11-14-26(27,5)23(20)12-13-25(21,22)4/h17-23,29-31H,6-16H2,1-5H3/b28-24+/t18-,19+,20-,21-,22-,23-,25+,26-,27+/m1/s1. The topological polar surface area (TPSA) is 73.1 Å². The Labute approximate surface area is 189 Å². The molecule has 4 heteroatoms. The van der Waals surface area contributed by atoms with Gasteiger partial charge < -0.3 is 15.4 Å². The van der Waals surface area contributed by atoms with Crippen LogP contribution in [0.2, 0.25) is 0 Å². The number of aliphatic hydroxyl groups excluding tert-OH is 1. The summed E-state index contributed by atoms with van der Waals surface area (Å²) in [5.41, 5.74) is -0.526. The lowest BCUT2D eigenvalue weighted by atomic mass is 9.42. The van der Waals surface area contributed by atoms with Gasteiger partial charge in [0.2, 0.25) is 0 Å². The fourth-order valence-electron chi connectivity index (χ4n) is 9.19. The van der Waals surface area contributed by atoms with Gasteiger partial charge in [-0.1, -0.05) is 59.0 Å². The van der Waals surface area contributed by atoms with E-state index in [0.717, 1.165) is 30.6 Å². The van der Waals surface area contributed by atoms with Crippen LogP contribution in [0.3, 0.4) is 0 Å². The van der Waals surface area contributed by atoms with Crippen molar-refractivity contribution in [1.29, 1.82) is 0 Å². The maximum atomic E-state index is 11.8. The van der Waals surface area contributed by atoms with Crippen molar-refractivity contribution in [2.75, 3.05) is 0 Å². The third-order valence-corrected chi connectivity index (χ3v) is 11.0. The zero-order valence-corrected chi connectivity index (χ0v) is 20.6. The van der Waals surface area contributed by atoms with Crippen molar-refractivity contribution < 1.29 is 15.4 Å². The fourth-order valence-corrected chi connectivity index (χ4v) is 9.19. The smallest absolute Gasteiger partial charge is 0.114 e. The number of nitrogens with zero attached hydrogens (tertiary/aromatic N) is 1. The van der Waals surface area contributed by atoms with Gasteiger partial charge in [-0.25, -0.2) is 0 Å². The van der Waals surface area contributed by atoms with Crippen molar-refractivity contribution in [3.63, 3.8) is 0 Å². The lowest BCUT2D eigenvalue weighted by Crippen LogP contribution is -2.67. The highest BCUT2D eigenvalue weighted by Gasteiger charge is 2.67. The molecule has 0 unspecified atom stereocenters. The van der Waals surface area contributed by atoms with E-state index in [1.807, 2.05) is 0 Å². The number of rotatable bonds is 5. The first-order valence-corrected chi connectivity index (χ1v) is 13.2. The van der Waals surface area contributed by atoms with Gasteiger partial charge in [0, 0.05) is 11.8 Å². The highest BCUT2D eigenvalue weighted by molar-refractivity contribution is 5.94. The number of fused-ring (bicyclic) bond motifs is 5. The van der Waals surface area contributed by atoms with Gasteiger partial charge in [-0.2, -0.15) is 0 Å².